The first-order valence-electron chi connectivity index (χ1n) is 14.4. The maximum absolute atomic E-state index is 13.0. The summed E-state index contributed by atoms with van der Waals surface area (Å²) < 4.78 is 19.0. The van der Waals surface area contributed by atoms with Crippen molar-refractivity contribution in [2.75, 3.05) is 37.5 Å². The predicted molar refractivity (Wildman–Crippen MR) is 179 cm³/mol. The van der Waals surface area contributed by atoms with Crippen molar-refractivity contribution < 1.29 is 28.6 Å². The van der Waals surface area contributed by atoms with Gasteiger partial charge in [0.1, 0.15) is 17.9 Å². The van der Waals surface area contributed by atoms with Crippen LogP contribution in [-0.4, -0.2) is 69.5 Å². The fourth-order valence-corrected chi connectivity index (χ4v) is 5.15. The molecule has 0 aliphatic rings. The monoisotopic (exact) mass is 692 g/mol. The molecule has 14 nitrogen and oxygen atoms in total. The van der Waals surface area contributed by atoms with Crippen molar-refractivity contribution in [3.63, 3.8) is 0 Å². The Hall–Kier alpha value is -5.47. The molecule has 0 radical (unpaired) electrons. The number of ether oxygens (including phenoxy) is 3. The second kappa shape index (κ2) is 15.4. The highest BCUT2D eigenvalue weighted by atomic mass is 35.5. The molecule has 0 spiro atoms. The number of para-hydroxylation sites is 1. The Morgan fingerprint density at radius 2 is 1.77 bits per heavy atom. The minimum atomic E-state index is -0.549. The van der Waals surface area contributed by atoms with E-state index >= 15 is 0 Å². The summed E-state index contributed by atoms with van der Waals surface area (Å²) >= 11 is 13.3. The SMILES string of the molecule is COc1nc2c(OCc3c(Cl)ccc(N(C)C(=O)CNC(=O)COc4cnc(NC(C)=O)nc4)c3Cl)cccc2n1Cc1ccccn1. The number of nitrogens with one attached hydrogen (secondary N) is 2. The molecule has 5 rings (SSSR count). The molecule has 0 saturated carbocycles. The molecule has 0 fully saturated rings. The Labute approximate surface area is 285 Å². The summed E-state index contributed by atoms with van der Waals surface area (Å²) in [7, 11) is 3.07. The first-order valence-corrected chi connectivity index (χ1v) is 15.2. The molecular weight excluding hydrogens is 663 g/mol. The van der Waals surface area contributed by atoms with Crippen LogP contribution in [0, 0.1) is 0 Å². The fourth-order valence-electron chi connectivity index (χ4n) is 4.55. The number of amides is 3. The number of carbonyl (C=O) groups is 3. The molecule has 0 unspecified atom stereocenters. The van der Waals surface area contributed by atoms with Gasteiger partial charge in [-0.2, -0.15) is 4.98 Å². The number of benzene rings is 2. The van der Waals surface area contributed by atoms with Crippen LogP contribution in [0.15, 0.2) is 67.1 Å². The molecule has 0 atom stereocenters. The van der Waals surface area contributed by atoms with Crippen LogP contribution < -0.4 is 29.7 Å². The van der Waals surface area contributed by atoms with Crippen LogP contribution in [0.2, 0.25) is 10.0 Å². The number of carbonyl (C=O) groups excluding carboxylic acids is 3. The standard InChI is InChI=1S/C32H30Cl2N8O6/c1-19(43)39-31-37-13-21(14-38-31)47-18-27(44)36-15-28(45)41(2)24-11-10-23(33)22(29(24)34)17-48-26-9-6-8-25-30(26)40-32(46-3)42(25)16-20-7-4-5-12-35-20/h4-14H,15-18H2,1-3H3,(H,36,44)(H,37,38,39,43). The fraction of sp³-hybridized carbons (Fsp3) is 0.219. The van der Waals surface area contributed by atoms with E-state index in [0.29, 0.717) is 40.1 Å². The van der Waals surface area contributed by atoms with Gasteiger partial charge in [-0.15, -0.1) is 0 Å². The number of fused-ring (bicyclic) bond motifs is 1. The van der Waals surface area contributed by atoms with Crippen molar-refractivity contribution in [2.45, 2.75) is 20.1 Å². The third-order valence-electron chi connectivity index (χ3n) is 6.93. The van der Waals surface area contributed by atoms with E-state index in [1.165, 1.54) is 31.3 Å². The van der Waals surface area contributed by atoms with E-state index in [9.17, 15) is 14.4 Å². The van der Waals surface area contributed by atoms with Crippen molar-refractivity contribution in [1.29, 1.82) is 0 Å². The summed E-state index contributed by atoms with van der Waals surface area (Å²) in [4.78, 5) is 54.6. The summed E-state index contributed by atoms with van der Waals surface area (Å²) in [5.41, 5.74) is 3.02. The van der Waals surface area contributed by atoms with Gasteiger partial charge in [0.25, 0.3) is 11.9 Å². The Morgan fingerprint density at radius 1 is 0.979 bits per heavy atom. The summed E-state index contributed by atoms with van der Waals surface area (Å²) in [5.74, 6) is -0.527. The quantitative estimate of drug-likeness (QED) is 0.182. The summed E-state index contributed by atoms with van der Waals surface area (Å²) in [6.07, 6.45) is 4.34. The normalized spacial score (nSPS) is 10.8. The number of rotatable bonds is 13. The third kappa shape index (κ3) is 8.08. The van der Waals surface area contributed by atoms with Crippen molar-refractivity contribution in [1.82, 2.24) is 29.8 Å². The van der Waals surface area contributed by atoms with Gasteiger partial charge < -0.3 is 24.4 Å². The van der Waals surface area contributed by atoms with Crippen LogP contribution in [0.25, 0.3) is 11.0 Å². The van der Waals surface area contributed by atoms with Gasteiger partial charge >= 0.3 is 0 Å². The first-order chi connectivity index (χ1) is 23.1. The van der Waals surface area contributed by atoms with Gasteiger partial charge in [0.2, 0.25) is 17.8 Å². The van der Waals surface area contributed by atoms with Crippen molar-refractivity contribution in [3.05, 3.63) is 88.4 Å². The van der Waals surface area contributed by atoms with Gasteiger partial charge in [-0.1, -0.05) is 35.3 Å². The van der Waals surface area contributed by atoms with Crippen LogP contribution in [0.3, 0.4) is 0 Å². The zero-order chi connectivity index (χ0) is 34.2. The Morgan fingerprint density at radius 3 is 2.48 bits per heavy atom. The van der Waals surface area contributed by atoms with Gasteiger partial charge in [-0.3, -0.25) is 29.3 Å². The number of methoxy groups -OCH3 is 1. The number of hydrogen-bond donors (Lipinski definition) is 2. The van der Waals surface area contributed by atoms with E-state index in [-0.39, 0.29) is 42.4 Å². The summed E-state index contributed by atoms with van der Waals surface area (Å²) in [6.45, 7) is 1.04. The molecule has 0 bridgehead atoms. The lowest BCUT2D eigenvalue weighted by atomic mass is 10.2. The van der Waals surface area contributed by atoms with E-state index in [0.717, 1.165) is 11.2 Å². The van der Waals surface area contributed by atoms with Crippen molar-refractivity contribution >= 4 is 63.6 Å². The number of likely N-dealkylation sites (N-methyl/N-ethyl adjacent to an activating group) is 1. The third-order valence-corrected chi connectivity index (χ3v) is 7.71. The lowest BCUT2D eigenvalue weighted by Gasteiger charge is -2.21. The lowest BCUT2D eigenvalue weighted by Crippen LogP contribution is -2.40. The zero-order valence-electron chi connectivity index (χ0n) is 26.1. The maximum atomic E-state index is 13.0. The molecule has 0 aliphatic carbocycles. The lowest BCUT2D eigenvalue weighted by molar-refractivity contribution is -0.126. The highest BCUT2D eigenvalue weighted by Crippen LogP contribution is 2.36. The van der Waals surface area contributed by atoms with Gasteiger partial charge in [0, 0.05) is 30.8 Å². The minimum absolute atomic E-state index is 0.0222. The second-order valence-electron chi connectivity index (χ2n) is 10.2. The topological polar surface area (TPSA) is 163 Å². The molecular formula is C32H30Cl2N8O6. The average Bonchev–Trinajstić information content (AvgIpc) is 3.44. The van der Waals surface area contributed by atoms with Crippen molar-refractivity contribution in [2.24, 2.45) is 0 Å². The number of pyridine rings is 1. The predicted octanol–water partition coefficient (Wildman–Crippen LogP) is 4.28. The summed E-state index contributed by atoms with van der Waals surface area (Å²) in [6, 6.07) is 14.8. The van der Waals surface area contributed by atoms with E-state index in [2.05, 4.69) is 30.6 Å². The molecule has 0 saturated heterocycles. The number of nitrogens with zero attached hydrogens (tertiary/aromatic N) is 6. The molecule has 48 heavy (non-hydrogen) atoms. The minimum Gasteiger partial charge on any atom is -0.486 e. The number of imidazole rings is 1. The van der Waals surface area contributed by atoms with Gasteiger partial charge in [0.15, 0.2) is 12.4 Å². The van der Waals surface area contributed by atoms with E-state index in [1.807, 2.05) is 34.9 Å². The Balaban J connectivity index is 1.22. The molecule has 16 heteroatoms. The number of hydrogen-bond acceptors (Lipinski definition) is 10. The molecule has 3 aromatic heterocycles. The van der Waals surface area contributed by atoms with Crippen LogP contribution in [0.5, 0.6) is 17.5 Å². The maximum Gasteiger partial charge on any atom is 0.297 e. The smallest absolute Gasteiger partial charge is 0.297 e. The highest BCUT2D eigenvalue weighted by molar-refractivity contribution is 6.38. The molecule has 0 aliphatic heterocycles. The van der Waals surface area contributed by atoms with Gasteiger partial charge in [0.05, 0.1) is 54.5 Å². The van der Waals surface area contributed by atoms with Crippen LogP contribution >= 0.6 is 23.2 Å². The van der Waals surface area contributed by atoms with E-state index < -0.39 is 11.8 Å². The molecule has 2 aromatic carbocycles. The molecule has 248 valence electrons. The molecule has 5 aromatic rings. The Kier molecular flexibility index (Phi) is 10.9. The number of aromatic nitrogens is 5. The van der Waals surface area contributed by atoms with Crippen LogP contribution in [0.4, 0.5) is 11.6 Å². The van der Waals surface area contributed by atoms with Crippen LogP contribution in [0.1, 0.15) is 18.2 Å². The van der Waals surface area contributed by atoms with Gasteiger partial charge in [-0.05, 0) is 36.4 Å². The first kappa shape index (κ1) is 33.9. The number of anilines is 2. The largest absolute Gasteiger partial charge is 0.486 e. The highest BCUT2D eigenvalue weighted by Gasteiger charge is 2.21. The van der Waals surface area contributed by atoms with E-state index in [1.54, 1.807) is 31.5 Å². The summed E-state index contributed by atoms with van der Waals surface area (Å²) in [5, 5.41) is 5.48. The number of halogens is 2. The second-order valence-corrected chi connectivity index (χ2v) is 11.0. The van der Waals surface area contributed by atoms with Crippen LogP contribution in [-0.2, 0) is 27.5 Å². The zero-order valence-corrected chi connectivity index (χ0v) is 27.6. The van der Waals surface area contributed by atoms with Crippen molar-refractivity contribution in [3.8, 4) is 17.5 Å². The average molecular weight is 694 g/mol. The Bertz CT molecular complexity index is 1940. The van der Waals surface area contributed by atoms with Gasteiger partial charge in [-0.25, -0.2) is 9.97 Å². The molecule has 3 heterocycles. The molecule has 3 amide bonds. The van der Waals surface area contributed by atoms with E-state index in [4.69, 9.17) is 37.4 Å². The molecule has 2 N–H and O–H groups in total.